The highest BCUT2D eigenvalue weighted by Gasteiger charge is 2.05. The van der Waals surface area contributed by atoms with Crippen LogP contribution in [0.2, 0.25) is 0 Å². The number of amides is 1. The molecular formula is C10H21NO3. The Balaban J connectivity index is 3.27. The third-order valence-electron chi connectivity index (χ3n) is 2.03. The molecule has 0 aromatic heterocycles. The van der Waals surface area contributed by atoms with Crippen LogP contribution in [0.25, 0.3) is 0 Å². The van der Waals surface area contributed by atoms with E-state index in [1.54, 1.807) is 0 Å². The molecule has 0 spiro atoms. The molecule has 4 nitrogen and oxygen atoms in total. The normalized spacial score (nSPS) is 12.5. The second-order valence-corrected chi connectivity index (χ2v) is 3.40. The molecule has 0 heterocycles. The Kier molecular flexibility index (Phi) is 8.57. The Morgan fingerprint density at radius 2 is 2.21 bits per heavy atom. The summed E-state index contributed by atoms with van der Waals surface area (Å²) < 4.78 is 5.00. The summed E-state index contributed by atoms with van der Waals surface area (Å²) >= 11 is 0. The van der Waals surface area contributed by atoms with Gasteiger partial charge in [0.15, 0.2) is 0 Å². The lowest BCUT2D eigenvalue weighted by Gasteiger charge is -2.09. The van der Waals surface area contributed by atoms with E-state index in [4.69, 9.17) is 9.84 Å². The van der Waals surface area contributed by atoms with Gasteiger partial charge in [0.05, 0.1) is 19.8 Å². The third-order valence-corrected chi connectivity index (χ3v) is 2.03. The van der Waals surface area contributed by atoms with Crippen molar-refractivity contribution in [1.82, 2.24) is 5.32 Å². The van der Waals surface area contributed by atoms with Crippen molar-refractivity contribution in [3.05, 3.63) is 0 Å². The van der Waals surface area contributed by atoms with E-state index in [1.807, 2.05) is 0 Å². The maximum Gasteiger partial charge on any atom is 0.220 e. The average Bonchev–Trinajstić information content (AvgIpc) is 2.17. The van der Waals surface area contributed by atoms with Gasteiger partial charge in [-0.25, -0.2) is 0 Å². The van der Waals surface area contributed by atoms with Crippen LogP contribution in [0.1, 0.15) is 26.7 Å². The van der Waals surface area contributed by atoms with E-state index in [0.29, 0.717) is 32.1 Å². The first-order chi connectivity index (χ1) is 6.70. The highest BCUT2D eigenvalue weighted by atomic mass is 16.5. The van der Waals surface area contributed by atoms with Gasteiger partial charge < -0.3 is 15.2 Å². The zero-order valence-electron chi connectivity index (χ0n) is 9.08. The third kappa shape index (κ3) is 8.01. The minimum Gasteiger partial charge on any atom is -0.394 e. The number of ether oxygens (including phenoxy) is 1. The Hall–Kier alpha value is -0.610. The Bertz CT molecular complexity index is 150. The SMILES string of the molecule is CCC(C)CC(=O)NCCOCCO. The van der Waals surface area contributed by atoms with Crippen LogP contribution in [0.5, 0.6) is 0 Å². The molecule has 14 heavy (non-hydrogen) atoms. The Labute approximate surface area is 85.6 Å². The molecule has 1 atom stereocenters. The molecule has 2 N–H and O–H groups in total. The van der Waals surface area contributed by atoms with Crippen LogP contribution in [0.4, 0.5) is 0 Å². The molecule has 0 radical (unpaired) electrons. The first kappa shape index (κ1) is 13.4. The van der Waals surface area contributed by atoms with Crippen molar-refractivity contribution in [2.45, 2.75) is 26.7 Å². The summed E-state index contributed by atoms with van der Waals surface area (Å²) in [6.45, 7) is 5.48. The molecule has 1 amide bonds. The van der Waals surface area contributed by atoms with Gasteiger partial charge in [-0.3, -0.25) is 4.79 Å². The molecule has 0 saturated heterocycles. The first-order valence-electron chi connectivity index (χ1n) is 5.16. The average molecular weight is 203 g/mol. The van der Waals surface area contributed by atoms with Crippen molar-refractivity contribution in [1.29, 1.82) is 0 Å². The number of carbonyl (C=O) groups excluding carboxylic acids is 1. The number of aliphatic hydroxyl groups is 1. The number of hydrogen-bond acceptors (Lipinski definition) is 3. The zero-order valence-corrected chi connectivity index (χ0v) is 9.08. The van der Waals surface area contributed by atoms with Crippen LogP contribution in [-0.2, 0) is 9.53 Å². The monoisotopic (exact) mass is 203 g/mol. The largest absolute Gasteiger partial charge is 0.394 e. The minimum absolute atomic E-state index is 0.0286. The first-order valence-corrected chi connectivity index (χ1v) is 5.16. The van der Waals surface area contributed by atoms with Crippen LogP contribution in [0, 0.1) is 5.92 Å². The molecule has 0 aromatic carbocycles. The number of aliphatic hydroxyl groups excluding tert-OH is 1. The summed E-state index contributed by atoms with van der Waals surface area (Å²) in [6, 6.07) is 0. The van der Waals surface area contributed by atoms with Crippen LogP contribution in [0.15, 0.2) is 0 Å². The summed E-state index contributed by atoms with van der Waals surface area (Å²) in [5.74, 6) is 0.514. The van der Waals surface area contributed by atoms with Crippen LogP contribution < -0.4 is 5.32 Å². The predicted octanol–water partition coefficient (Wildman–Crippen LogP) is 0.548. The van der Waals surface area contributed by atoms with Gasteiger partial charge in [-0.2, -0.15) is 0 Å². The van der Waals surface area contributed by atoms with E-state index >= 15 is 0 Å². The van der Waals surface area contributed by atoms with E-state index in [2.05, 4.69) is 19.2 Å². The molecule has 0 rings (SSSR count). The van der Waals surface area contributed by atoms with Crippen LogP contribution in [0.3, 0.4) is 0 Å². The second-order valence-electron chi connectivity index (χ2n) is 3.40. The Morgan fingerprint density at radius 3 is 2.79 bits per heavy atom. The van der Waals surface area contributed by atoms with Crippen LogP contribution in [-0.4, -0.2) is 37.4 Å². The van der Waals surface area contributed by atoms with Crippen LogP contribution >= 0.6 is 0 Å². The molecule has 0 aliphatic heterocycles. The van der Waals surface area contributed by atoms with Gasteiger partial charge >= 0.3 is 0 Å². The fourth-order valence-electron chi connectivity index (χ4n) is 0.962. The van der Waals surface area contributed by atoms with Crippen molar-refractivity contribution >= 4 is 5.91 Å². The topological polar surface area (TPSA) is 58.6 Å². The molecule has 0 aromatic rings. The number of carbonyl (C=O) groups is 1. The standard InChI is InChI=1S/C10H21NO3/c1-3-9(2)8-10(13)11-4-6-14-7-5-12/h9,12H,3-8H2,1-2H3,(H,11,13). The summed E-state index contributed by atoms with van der Waals surface area (Å²) in [6.07, 6.45) is 1.60. The fraction of sp³-hybridized carbons (Fsp3) is 0.900. The fourth-order valence-corrected chi connectivity index (χ4v) is 0.962. The summed E-state index contributed by atoms with van der Waals surface area (Å²) in [4.78, 5) is 11.2. The molecule has 0 fully saturated rings. The maximum absolute atomic E-state index is 11.2. The maximum atomic E-state index is 11.2. The van der Waals surface area contributed by atoms with E-state index in [9.17, 15) is 4.79 Å². The van der Waals surface area contributed by atoms with Crippen molar-refractivity contribution in [3.8, 4) is 0 Å². The molecule has 4 heteroatoms. The van der Waals surface area contributed by atoms with E-state index in [-0.39, 0.29) is 12.5 Å². The smallest absolute Gasteiger partial charge is 0.220 e. The zero-order chi connectivity index (χ0) is 10.8. The van der Waals surface area contributed by atoms with Gasteiger partial charge in [0.2, 0.25) is 5.91 Å². The molecule has 0 saturated carbocycles. The molecule has 1 unspecified atom stereocenters. The molecule has 0 bridgehead atoms. The molecule has 0 aliphatic rings. The summed E-state index contributed by atoms with van der Waals surface area (Å²) in [5.41, 5.74) is 0. The molecular weight excluding hydrogens is 182 g/mol. The number of nitrogens with one attached hydrogen (secondary N) is 1. The number of rotatable bonds is 8. The van der Waals surface area contributed by atoms with E-state index < -0.39 is 0 Å². The van der Waals surface area contributed by atoms with Gasteiger partial charge in [0.1, 0.15) is 0 Å². The van der Waals surface area contributed by atoms with Crippen molar-refractivity contribution in [2.75, 3.05) is 26.4 Å². The van der Waals surface area contributed by atoms with Gasteiger partial charge in [-0.15, -0.1) is 0 Å². The highest BCUT2D eigenvalue weighted by Crippen LogP contribution is 2.04. The summed E-state index contributed by atoms with van der Waals surface area (Å²) in [5, 5.41) is 11.2. The van der Waals surface area contributed by atoms with Gasteiger partial charge in [-0.05, 0) is 5.92 Å². The van der Waals surface area contributed by atoms with Gasteiger partial charge in [-0.1, -0.05) is 20.3 Å². The Morgan fingerprint density at radius 1 is 1.50 bits per heavy atom. The quantitative estimate of drug-likeness (QED) is 0.566. The van der Waals surface area contributed by atoms with Gasteiger partial charge in [0.25, 0.3) is 0 Å². The van der Waals surface area contributed by atoms with E-state index in [1.165, 1.54) is 0 Å². The molecule has 84 valence electrons. The highest BCUT2D eigenvalue weighted by molar-refractivity contribution is 5.76. The molecule has 0 aliphatic carbocycles. The minimum atomic E-state index is 0.0286. The van der Waals surface area contributed by atoms with E-state index in [0.717, 1.165) is 6.42 Å². The number of hydrogen-bond donors (Lipinski definition) is 2. The lowest BCUT2D eigenvalue weighted by Crippen LogP contribution is -2.28. The van der Waals surface area contributed by atoms with Crippen molar-refractivity contribution in [2.24, 2.45) is 5.92 Å². The van der Waals surface area contributed by atoms with Crippen molar-refractivity contribution in [3.63, 3.8) is 0 Å². The predicted molar refractivity (Wildman–Crippen MR) is 55.0 cm³/mol. The lowest BCUT2D eigenvalue weighted by molar-refractivity contribution is -0.122. The van der Waals surface area contributed by atoms with Gasteiger partial charge in [0, 0.05) is 13.0 Å². The van der Waals surface area contributed by atoms with Crippen molar-refractivity contribution < 1.29 is 14.6 Å². The lowest BCUT2D eigenvalue weighted by atomic mass is 10.1. The summed E-state index contributed by atoms with van der Waals surface area (Å²) in [7, 11) is 0. The second kappa shape index (κ2) is 8.97.